The van der Waals surface area contributed by atoms with Crippen LogP contribution in [0.5, 0.6) is 0 Å². The minimum absolute atomic E-state index is 0.359. The van der Waals surface area contributed by atoms with Gasteiger partial charge in [0.15, 0.2) is 0 Å². The largest absolute Gasteiger partial charge is 0.389 e. The number of aliphatic hydroxyl groups is 1. The molecule has 0 aromatic rings. The average molecular weight is 223 g/mol. The van der Waals surface area contributed by atoms with Gasteiger partial charge in [-0.3, -0.25) is 0 Å². The Balaban J connectivity index is 1.61. The molecule has 0 amide bonds. The highest BCUT2D eigenvalue weighted by Crippen LogP contribution is 2.51. The van der Waals surface area contributed by atoms with Crippen LogP contribution in [0, 0.1) is 17.8 Å². The first-order valence-electron chi connectivity index (χ1n) is 7.06. The van der Waals surface area contributed by atoms with Crippen LogP contribution in [0.1, 0.15) is 44.9 Å². The van der Waals surface area contributed by atoms with Gasteiger partial charge in [0.1, 0.15) is 0 Å². The normalized spacial score (nSPS) is 48.8. The Labute approximate surface area is 99.0 Å². The van der Waals surface area contributed by atoms with Gasteiger partial charge >= 0.3 is 0 Å². The third-order valence-corrected chi connectivity index (χ3v) is 5.27. The maximum Gasteiger partial charge on any atom is 0.0777 e. The molecule has 4 unspecified atom stereocenters. The standard InChI is InChI=1S/C14H25NO/c1-15-6-2-5-14(16,10-15)9-13-8-11-3-4-12(13)7-11/h11-13,16H,2-10H2,1H3. The van der Waals surface area contributed by atoms with Crippen LogP contribution in [0.2, 0.25) is 0 Å². The molecule has 3 fully saturated rings. The molecular formula is C14H25NO. The average Bonchev–Trinajstić information content (AvgIpc) is 2.77. The number of hydrogen-bond acceptors (Lipinski definition) is 2. The number of rotatable bonds is 2. The second-order valence-electron chi connectivity index (χ2n) is 6.70. The Morgan fingerprint density at radius 3 is 2.81 bits per heavy atom. The van der Waals surface area contributed by atoms with Crippen LogP contribution >= 0.6 is 0 Å². The zero-order valence-corrected chi connectivity index (χ0v) is 10.5. The van der Waals surface area contributed by atoms with Gasteiger partial charge in [-0.25, -0.2) is 0 Å². The number of β-amino-alcohol motifs (C(OH)–C–C–N with tert-alkyl or cyclic N) is 1. The van der Waals surface area contributed by atoms with Crippen LogP contribution in [0.4, 0.5) is 0 Å². The Morgan fingerprint density at radius 2 is 2.19 bits per heavy atom. The summed E-state index contributed by atoms with van der Waals surface area (Å²) in [7, 11) is 2.14. The molecule has 0 aromatic heterocycles. The lowest BCUT2D eigenvalue weighted by atomic mass is 9.77. The molecule has 2 aliphatic carbocycles. The lowest BCUT2D eigenvalue weighted by molar-refractivity contribution is -0.0461. The highest BCUT2D eigenvalue weighted by molar-refractivity contribution is 4.96. The van der Waals surface area contributed by atoms with E-state index in [9.17, 15) is 5.11 Å². The van der Waals surface area contributed by atoms with E-state index < -0.39 is 0 Å². The summed E-state index contributed by atoms with van der Waals surface area (Å²) in [6, 6.07) is 0. The Bertz CT molecular complexity index is 267. The van der Waals surface area contributed by atoms with Crippen molar-refractivity contribution in [2.45, 2.75) is 50.5 Å². The zero-order chi connectivity index (χ0) is 11.2. The highest BCUT2D eigenvalue weighted by atomic mass is 16.3. The van der Waals surface area contributed by atoms with E-state index >= 15 is 0 Å². The molecule has 4 atom stereocenters. The fourth-order valence-electron chi connectivity index (χ4n) is 4.62. The summed E-state index contributed by atoms with van der Waals surface area (Å²) in [5.74, 6) is 2.82. The van der Waals surface area contributed by atoms with Gasteiger partial charge < -0.3 is 10.0 Å². The lowest BCUT2D eigenvalue weighted by Crippen LogP contribution is -2.47. The number of likely N-dealkylation sites (N-methyl/N-ethyl adjacent to an activating group) is 1. The first-order valence-corrected chi connectivity index (χ1v) is 7.06. The molecule has 2 heteroatoms. The minimum Gasteiger partial charge on any atom is -0.389 e. The highest BCUT2D eigenvalue weighted by Gasteiger charge is 2.44. The summed E-state index contributed by atoms with van der Waals surface area (Å²) < 4.78 is 0. The van der Waals surface area contributed by atoms with Gasteiger partial charge in [0, 0.05) is 6.54 Å². The van der Waals surface area contributed by atoms with Crippen LogP contribution in [-0.2, 0) is 0 Å². The number of nitrogens with zero attached hydrogens (tertiary/aromatic N) is 1. The van der Waals surface area contributed by atoms with E-state index in [1.165, 1.54) is 38.6 Å². The number of piperidine rings is 1. The molecule has 1 heterocycles. The van der Waals surface area contributed by atoms with Crippen molar-refractivity contribution in [3.05, 3.63) is 0 Å². The molecule has 0 aromatic carbocycles. The van der Waals surface area contributed by atoms with Gasteiger partial charge in [-0.05, 0) is 69.9 Å². The van der Waals surface area contributed by atoms with Crippen LogP contribution in [-0.4, -0.2) is 35.7 Å². The second-order valence-corrected chi connectivity index (χ2v) is 6.70. The number of hydrogen-bond donors (Lipinski definition) is 1. The Hall–Kier alpha value is -0.0800. The smallest absolute Gasteiger partial charge is 0.0777 e. The fourth-order valence-corrected chi connectivity index (χ4v) is 4.62. The summed E-state index contributed by atoms with van der Waals surface area (Å²) in [6.07, 6.45) is 9.09. The zero-order valence-electron chi connectivity index (χ0n) is 10.5. The molecule has 16 heavy (non-hydrogen) atoms. The van der Waals surface area contributed by atoms with E-state index in [0.29, 0.717) is 0 Å². The van der Waals surface area contributed by atoms with E-state index in [0.717, 1.165) is 37.1 Å². The van der Waals surface area contributed by atoms with E-state index in [1.54, 1.807) is 0 Å². The maximum atomic E-state index is 10.7. The minimum atomic E-state index is -0.359. The third-order valence-electron chi connectivity index (χ3n) is 5.27. The molecule has 3 rings (SSSR count). The lowest BCUT2D eigenvalue weighted by Gasteiger charge is -2.40. The summed E-state index contributed by atoms with van der Waals surface area (Å²) >= 11 is 0. The van der Waals surface area contributed by atoms with Gasteiger partial charge in [-0.15, -0.1) is 0 Å². The van der Waals surface area contributed by atoms with Crippen LogP contribution in [0.3, 0.4) is 0 Å². The SMILES string of the molecule is CN1CCCC(O)(CC2CC3CCC2C3)C1. The predicted molar refractivity (Wildman–Crippen MR) is 65.2 cm³/mol. The fraction of sp³-hybridized carbons (Fsp3) is 1.00. The van der Waals surface area contributed by atoms with E-state index in [4.69, 9.17) is 0 Å². The molecule has 0 radical (unpaired) electrons. The molecule has 1 aliphatic heterocycles. The topological polar surface area (TPSA) is 23.5 Å². The molecule has 0 spiro atoms. The van der Waals surface area contributed by atoms with Crippen molar-refractivity contribution in [3.8, 4) is 0 Å². The predicted octanol–water partition coefficient (Wildman–Crippen LogP) is 2.27. The van der Waals surface area contributed by atoms with Crippen LogP contribution in [0.25, 0.3) is 0 Å². The maximum absolute atomic E-state index is 10.7. The number of fused-ring (bicyclic) bond motifs is 2. The molecule has 92 valence electrons. The Morgan fingerprint density at radius 1 is 1.31 bits per heavy atom. The van der Waals surface area contributed by atoms with Gasteiger partial charge in [0.05, 0.1) is 5.60 Å². The first-order chi connectivity index (χ1) is 7.65. The first kappa shape index (κ1) is 11.0. The van der Waals surface area contributed by atoms with Crippen molar-refractivity contribution in [2.75, 3.05) is 20.1 Å². The molecule has 3 aliphatic rings. The molecule has 2 nitrogen and oxygen atoms in total. The number of likely N-dealkylation sites (tertiary alicyclic amines) is 1. The van der Waals surface area contributed by atoms with Crippen molar-refractivity contribution in [3.63, 3.8) is 0 Å². The summed E-state index contributed by atoms with van der Waals surface area (Å²) in [5.41, 5.74) is -0.359. The molecule has 2 saturated carbocycles. The van der Waals surface area contributed by atoms with Gasteiger partial charge in [-0.2, -0.15) is 0 Å². The molecule has 1 N–H and O–H groups in total. The van der Waals surface area contributed by atoms with Crippen molar-refractivity contribution in [1.82, 2.24) is 4.90 Å². The molecule has 1 saturated heterocycles. The van der Waals surface area contributed by atoms with E-state index in [2.05, 4.69) is 11.9 Å². The van der Waals surface area contributed by atoms with Crippen molar-refractivity contribution < 1.29 is 5.11 Å². The quantitative estimate of drug-likeness (QED) is 0.776. The van der Waals surface area contributed by atoms with E-state index in [-0.39, 0.29) is 5.60 Å². The van der Waals surface area contributed by atoms with Gasteiger partial charge in [0.25, 0.3) is 0 Å². The monoisotopic (exact) mass is 223 g/mol. The van der Waals surface area contributed by atoms with Crippen LogP contribution < -0.4 is 0 Å². The third kappa shape index (κ3) is 2.02. The van der Waals surface area contributed by atoms with Gasteiger partial charge in [-0.1, -0.05) is 6.42 Å². The van der Waals surface area contributed by atoms with Crippen molar-refractivity contribution in [1.29, 1.82) is 0 Å². The molecular weight excluding hydrogens is 198 g/mol. The summed E-state index contributed by atoms with van der Waals surface area (Å²) in [5, 5.41) is 10.7. The van der Waals surface area contributed by atoms with Crippen molar-refractivity contribution >= 4 is 0 Å². The summed E-state index contributed by atoms with van der Waals surface area (Å²) in [6.45, 7) is 2.07. The van der Waals surface area contributed by atoms with Crippen molar-refractivity contribution in [2.24, 2.45) is 17.8 Å². The second kappa shape index (κ2) is 3.99. The van der Waals surface area contributed by atoms with E-state index in [1.807, 2.05) is 0 Å². The Kier molecular flexibility index (Phi) is 2.75. The summed E-state index contributed by atoms with van der Waals surface area (Å²) in [4.78, 5) is 2.30. The molecule has 2 bridgehead atoms. The van der Waals surface area contributed by atoms with Gasteiger partial charge in [0.2, 0.25) is 0 Å². The van der Waals surface area contributed by atoms with Crippen LogP contribution in [0.15, 0.2) is 0 Å².